The summed E-state index contributed by atoms with van der Waals surface area (Å²) in [6.45, 7) is 6.94. The molecule has 0 heterocycles. The molecule has 2 nitrogen and oxygen atoms in total. The molecule has 0 amide bonds. The van der Waals surface area contributed by atoms with Gasteiger partial charge in [-0.05, 0) is 62.1 Å². The topological polar surface area (TPSA) is 34.1 Å². The van der Waals surface area contributed by atoms with Gasteiger partial charge >= 0.3 is 0 Å². The van der Waals surface area contributed by atoms with Crippen LogP contribution in [0.4, 0.5) is 0 Å². The third kappa shape index (κ3) is 12.7. The van der Waals surface area contributed by atoms with E-state index in [1.165, 1.54) is 62.8 Å². The summed E-state index contributed by atoms with van der Waals surface area (Å²) in [5.41, 5.74) is 0. The van der Waals surface area contributed by atoms with E-state index in [4.69, 9.17) is 0 Å². The minimum Gasteiger partial charge on any atom is -0.290 e. The Kier molecular flexibility index (Phi) is 13.7. The summed E-state index contributed by atoms with van der Waals surface area (Å²) in [5, 5.41) is 0. The first-order valence-electron chi connectivity index (χ1n) is 8.30. The number of allylic oxidation sites excluding steroid dienone is 4. The highest BCUT2D eigenvalue weighted by Crippen LogP contribution is 2.38. The second-order valence-electron chi connectivity index (χ2n) is 5.37. The van der Waals surface area contributed by atoms with Crippen molar-refractivity contribution in [2.75, 3.05) is 18.5 Å². The van der Waals surface area contributed by atoms with Gasteiger partial charge in [0.05, 0.1) is 0 Å². The number of ketones is 2. The van der Waals surface area contributed by atoms with Gasteiger partial charge in [0.25, 0.3) is 0 Å². The summed E-state index contributed by atoms with van der Waals surface area (Å²) < 4.78 is 0. The standard InChI is InChI=1S/C12H27P.C6H4O2/c1-4-7-10-13(11-8-5-2)12-9-6-3;7-5-1-2-6(8)4-3-5/h4-12H2,1-3H3;1-4H. The average molecular weight is 310 g/mol. The average Bonchev–Trinajstić information content (AvgIpc) is 2.50. The van der Waals surface area contributed by atoms with Crippen LogP contribution >= 0.6 is 7.92 Å². The van der Waals surface area contributed by atoms with Gasteiger partial charge in [0, 0.05) is 0 Å². The van der Waals surface area contributed by atoms with Crippen LogP contribution in [0.5, 0.6) is 0 Å². The Labute approximate surface area is 131 Å². The smallest absolute Gasteiger partial charge is 0.178 e. The molecule has 1 rings (SSSR count). The number of hydrogen-bond acceptors (Lipinski definition) is 2. The van der Waals surface area contributed by atoms with Crippen molar-refractivity contribution in [1.82, 2.24) is 0 Å². The molecule has 0 saturated heterocycles. The minimum atomic E-state index is -0.121. The van der Waals surface area contributed by atoms with Crippen molar-refractivity contribution in [2.45, 2.75) is 59.3 Å². The Morgan fingerprint density at radius 3 is 1.19 bits per heavy atom. The van der Waals surface area contributed by atoms with Crippen molar-refractivity contribution in [1.29, 1.82) is 0 Å². The van der Waals surface area contributed by atoms with Gasteiger partial charge in [0.2, 0.25) is 0 Å². The molecule has 3 heteroatoms. The van der Waals surface area contributed by atoms with Crippen molar-refractivity contribution >= 4 is 19.5 Å². The zero-order chi connectivity index (χ0) is 15.9. The molecule has 0 aromatic rings. The summed E-state index contributed by atoms with van der Waals surface area (Å²) in [6, 6.07) is 0. The van der Waals surface area contributed by atoms with E-state index >= 15 is 0 Å². The molecule has 0 radical (unpaired) electrons. The molecule has 0 aromatic heterocycles. The number of carbonyl (C=O) groups is 2. The summed E-state index contributed by atoms with van der Waals surface area (Å²) in [4.78, 5) is 20.6. The van der Waals surface area contributed by atoms with Crippen molar-refractivity contribution in [3.05, 3.63) is 24.3 Å². The van der Waals surface area contributed by atoms with Gasteiger partial charge in [-0.25, -0.2) is 0 Å². The third-order valence-corrected chi connectivity index (χ3v) is 6.15. The van der Waals surface area contributed by atoms with E-state index in [0.29, 0.717) is 7.92 Å². The van der Waals surface area contributed by atoms with Crippen LogP contribution in [0.15, 0.2) is 24.3 Å². The lowest BCUT2D eigenvalue weighted by atomic mass is 10.2. The van der Waals surface area contributed by atoms with E-state index in [-0.39, 0.29) is 11.6 Å². The summed E-state index contributed by atoms with van der Waals surface area (Å²) in [6.07, 6.45) is 18.2. The highest BCUT2D eigenvalue weighted by atomic mass is 31.1. The zero-order valence-electron chi connectivity index (χ0n) is 13.9. The quantitative estimate of drug-likeness (QED) is 0.437. The molecule has 0 N–H and O–H groups in total. The van der Waals surface area contributed by atoms with Crippen LogP contribution in [0, 0.1) is 0 Å². The maximum atomic E-state index is 10.3. The molecule has 0 fully saturated rings. The first-order chi connectivity index (χ1) is 10.1. The van der Waals surface area contributed by atoms with Gasteiger partial charge in [-0.2, -0.15) is 0 Å². The lowest BCUT2D eigenvalue weighted by Gasteiger charge is -2.16. The van der Waals surface area contributed by atoms with Crippen LogP contribution in [0.2, 0.25) is 0 Å². The Balaban J connectivity index is 0.000000423. The molecule has 0 aliphatic heterocycles. The molecule has 0 saturated carbocycles. The second-order valence-corrected chi connectivity index (χ2v) is 8.06. The van der Waals surface area contributed by atoms with E-state index in [0.717, 1.165) is 0 Å². The lowest BCUT2D eigenvalue weighted by molar-refractivity contribution is -0.113. The number of rotatable bonds is 9. The minimum absolute atomic E-state index is 0.121. The van der Waals surface area contributed by atoms with Crippen molar-refractivity contribution in [2.24, 2.45) is 0 Å². The van der Waals surface area contributed by atoms with E-state index in [1.807, 2.05) is 0 Å². The fraction of sp³-hybridized carbons (Fsp3) is 0.667. The highest BCUT2D eigenvalue weighted by Gasteiger charge is 2.05. The first kappa shape index (κ1) is 20.2. The summed E-state index contributed by atoms with van der Waals surface area (Å²) in [7, 11) is 0.422. The van der Waals surface area contributed by atoms with Crippen LogP contribution in [-0.2, 0) is 9.59 Å². The molecule has 0 unspecified atom stereocenters. The van der Waals surface area contributed by atoms with E-state index < -0.39 is 0 Å². The van der Waals surface area contributed by atoms with Crippen LogP contribution in [0.3, 0.4) is 0 Å². The molecule has 0 atom stereocenters. The third-order valence-electron chi connectivity index (χ3n) is 3.31. The molecule has 120 valence electrons. The Morgan fingerprint density at radius 2 is 0.952 bits per heavy atom. The highest BCUT2D eigenvalue weighted by molar-refractivity contribution is 7.57. The van der Waals surface area contributed by atoms with E-state index in [9.17, 15) is 9.59 Å². The molecular weight excluding hydrogens is 279 g/mol. The fourth-order valence-electron chi connectivity index (χ4n) is 1.92. The predicted octanol–water partition coefficient (Wildman–Crippen LogP) is 5.12. The van der Waals surface area contributed by atoms with Gasteiger partial charge in [-0.3, -0.25) is 9.59 Å². The lowest BCUT2D eigenvalue weighted by Crippen LogP contribution is -1.97. The molecular formula is C18H31O2P. The summed E-state index contributed by atoms with van der Waals surface area (Å²) in [5.74, 6) is -0.241. The van der Waals surface area contributed by atoms with Gasteiger partial charge in [0.15, 0.2) is 11.6 Å². The fourth-order valence-corrected chi connectivity index (χ4v) is 4.88. The number of unbranched alkanes of at least 4 members (excludes halogenated alkanes) is 3. The predicted molar refractivity (Wildman–Crippen MR) is 94.5 cm³/mol. The normalized spacial score (nSPS) is 13.5. The van der Waals surface area contributed by atoms with Crippen molar-refractivity contribution in [3.63, 3.8) is 0 Å². The molecule has 0 spiro atoms. The van der Waals surface area contributed by atoms with E-state index in [1.54, 1.807) is 18.5 Å². The number of hydrogen-bond donors (Lipinski definition) is 0. The Bertz CT molecular complexity index is 288. The van der Waals surface area contributed by atoms with E-state index in [2.05, 4.69) is 20.8 Å². The monoisotopic (exact) mass is 310 g/mol. The molecule has 0 bridgehead atoms. The van der Waals surface area contributed by atoms with Crippen LogP contribution in [-0.4, -0.2) is 30.1 Å². The molecule has 1 aliphatic carbocycles. The van der Waals surface area contributed by atoms with Gasteiger partial charge < -0.3 is 0 Å². The summed E-state index contributed by atoms with van der Waals surface area (Å²) >= 11 is 0. The Hall–Kier alpha value is -0.750. The Morgan fingerprint density at radius 1 is 0.667 bits per heavy atom. The van der Waals surface area contributed by atoms with Crippen molar-refractivity contribution < 1.29 is 9.59 Å². The maximum Gasteiger partial charge on any atom is 0.178 e. The first-order valence-corrected chi connectivity index (χ1v) is 10.2. The molecule has 0 aromatic carbocycles. The van der Waals surface area contributed by atoms with Crippen LogP contribution in [0.1, 0.15) is 59.3 Å². The largest absolute Gasteiger partial charge is 0.290 e. The van der Waals surface area contributed by atoms with Gasteiger partial charge in [-0.1, -0.05) is 40.0 Å². The van der Waals surface area contributed by atoms with Crippen molar-refractivity contribution in [3.8, 4) is 0 Å². The van der Waals surface area contributed by atoms with Crippen LogP contribution in [0.25, 0.3) is 0 Å². The molecule has 1 aliphatic rings. The second kappa shape index (κ2) is 14.2. The van der Waals surface area contributed by atoms with Gasteiger partial charge in [0.1, 0.15) is 0 Å². The number of carbonyl (C=O) groups excluding carboxylic acids is 2. The molecule has 21 heavy (non-hydrogen) atoms. The van der Waals surface area contributed by atoms with Gasteiger partial charge in [-0.15, -0.1) is 7.92 Å². The maximum absolute atomic E-state index is 10.3. The zero-order valence-corrected chi connectivity index (χ0v) is 14.8. The van der Waals surface area contributed by atoms with Crippen LogP contribution < -0.4 is 0 Å². The SMILES string of the molecule is CCCCP(CCCC)CCCC.O=C1C=CC(=O)C=C1.